The summed E-state index contributed by atoms with van der Waals surface area (Å²) in [5.74, 6) is 4.76. The number of ether oxygens (including phenoxy) is 4. The van der Waals surface area contributed by atoms with Gasteiger partial charge < -0.3 is 24.1 Å². The summed E-state index contributed by atoms with van der Waals surface area (Å²) < 4.78 is 22.9. The van der Waals surface area contributed by atoms with Gasteiger partial charge in [0.2, 0.25) is 0 Å². The van der Waals surface area contributed by atoms with Crippen molar-refractivity contribution in [1.82, 2.24) is 0 Å². The second-order valence-electron chi connectivity index (χ2n) is 9.10. The van der Waals surface area contributed by atoms with Gasteiger partial charge in [0.25, 0.3) is 0 Å². The van der Waals surface area contributed by atoms with Crippen molar-refractivity contribution in [1.29, 1.82) is 0 Å². The van der Waals surface area contributed by atoms with E-state index in [0.717, 1.165) is 46.5 Å². The van der Waals surface area contributed by atoms with Crippen LogP contribution in [0.4, 0.5) is 0 Å². The molecule has 1 heterocycles. The molecule has 0 saturated heterocycles. The SMILES string of the molecule is CCSCCOc1cc(C)c(-c2cccc(COc3ccc4c(c3)OCC4CC(O)OC)c2)c(C)c1. The van der Waals surface area contributed by atoms with Crippen LogP contribution in [0.5, 0.6) is 17.2 Å². The van der Waals surface area contributed by atoms with E-state index in [2.05, 4.69) is 57.2 Å². The lowest BCUT2D eigenvalue weighted by Crippen LogP contribution is -2.15. The smallest absolute Gasteiger partial charge is 0.154 e. The van der Waals surface area contributed by atoms with Crippen LogP contribution in [0.3, 0.4) is 0 Å². The van der Waals surface area contributed by atoms with Crippen molar-refractivity contribution < 1.29 is 24.1 Å². The zero-order valence-corrected chi connectivity index (χ0v) is 22.4. The van der Waals surface area contributed by atoms with Crippen molar-refractivity contribution in [2.24, 2.45) is 0 Å². The lowest BCUT2D eigenvalue weighted by atomic mass is 9.94. The van der Waals surface area contributed by atoms with Crippen molar-refractivity contribution in [3.8, 4) is 28.4 Å². The molecule has 0 aliphatic carbocycles. The van der Waals surface area contributed by atoms with Gasteiger partial charge in [0.05, 0.1) is 13.2 Å². The maximum Gasteiger partial charge on any atom is 0.154 e. The molecule has 0 bridgehead atoms. The first kappa shape index (κ1) is 26.4. The molecule has 3 aromatic carbocycles. The third-order valence-corrected chi connectivity index (χ3v) is 7.31. The Balaban J connectivity index is 1.42. The number of benzene rings is 3. The number of rotatable bonds is 12. The standard InChI is InChI=1S/C30H36O5S/c1-5-36-12-11-33-26-13-20(2)30(21(3)14-26)23-8-6-7-22(15-23)18-34-25-9-10-27-24(16-29(31)32-4)19-35-28(27)17-25/h6-10,13-15,17,24,29,31H,5,11-12,16,18-19H2,1-4H3. The molecule has 0 radical (unpaired) electrons. The van der Waals surface area contributed by atoms with Gasteiger partial charge in [0, 0.05) is 36.8 Å². The number of thioether (sulfide) groups is 1. The lowest BCUT2D eigenvalue weighted by molar-refractivity contribution is -0.0826. The highest BCUT2D eigenvalue weighted by Gasteiger charge is 2.26. The molecule has 1 N–H and O–H groups in total. The van der Waals surface area contributed by atoms with E-state index in [1.54, 1.807) is 0 Å². The van der Waals surface area contributed by atoms with Crippen LogP contribution in [0.1, 0.15) is 41.5 Å². The fourth-order valence-electron chi connectivity index (χ4n) is 4.69. The molecule has 0 amide bonds. The second kappa shape index (κ2) is 12.5. The second-order valence-corrected chi connectivity index (χ2v) is 10.5. The fraction of sp³-hybridized carbons (Fsp3) is 0.400. The molecule has 0 spiro atoms. The van der Waals surface area contributed by atoms with Gasteiger partial charge in [0.15, 0.2) is 6.29 Å². The molecule has 0 fully saturated rings. The highest BCUT2D eigenvalue weighted by molar-refractivity contribution is 7.99. The summed E-state index contributed by atoms with van der Waals surface area (Å²) in [5.41, 5.74) is 7.01. The van der Waals surface area contributed by atoms with Crippen LogP contribution in [0.25, 0.3) is 11.1 Å². The van der Waals surface area contributed by atoms with Gasteiger partial charge in [0.1, 0.15) is 23.9 Å². The molecular formula is C30H36O5S. The van der Waals surface area contributed by atoms with E-state index in [9.17, 15) is 5.11 Å². The zero-order valence-electron chi connectivity index (χ0n) is 21.6. The molecule has 0 aromatic heterocycles. The van der Waals surface area contributed by atoms with Gasteiger partial charge in [-0.2, -0.15) is 11.8 Å². The number of hydrogen-bond donors (Lipinski definition) is 1. The number of methoxy groups -OCH3 is 1. The van der Waals surface area contributed by atoms with Crippen molar-refractivity contribution >= 4 is 11.8 Å². The molecule has 1 aliphatic rings. The van der Waals surface area contributed by atoms with Gasteiger partial charge in [-0.05, 0) is 71.7 Å². The maximum atomic E-state index is 9.80. The van der Waals surface area contributed by atoms with E-state index in [1.165, 1.54) is 29.4 Å². The molecule has 1 aliphatic heterocycles. The minimum atomic E-state index is -0.784. The predicted molar refractivity (Wildman–Crippen MR) is 146 cm³/mol. The van der Waals surface area contributed by atoms with E-state index >= 15 is 0 Å². The van der Waals surface area contributed by atoms with Crippen LogP contribution in [0.2, 0.25) is 0 Å². The minimum absolute atomic E-state index is 0.124. The summed E-state index contributed by atoms with van der Waals surface area (Å²) in [4.78, 5) is 0. The Labute approximate surface area is 218 Å². The Morgan fingerprint density at radius 2 is 1.83 bits per heavy atom. The zero-order chi connectivity index (χ0) is 25.5. The monoisotopic (exact) mass is 508 g/mol. The largest absolute Gasteiger partial charge is 0.493 e. The van der Waals surface area contributed by atoms with Crippen molar-refractivity contribution in [2.45, 2.75) is 46.0 Å². The van der Waals surface area contributed by atoms with E-state index in [1.807, 2.05) is 30.0 Å². The maximum absolute atomic E-state index is 9.80. The summed E-state index contributed by atoms with van der Waals surface area (Å²) in [7, 11) is 1.51. The summed E-state index contributed by atoms with van der Waals surface area (Å²) in [6, 6.07) is 18.7. The Hall–Kier alpha value is -2.67. The first-order valence-electron chi connectivity index (χ1n) is 12.5. The average Bonchev–Trinajstić information content (AvgIpc) is 3.27. The van der Waals surface area contributed by atoms with Gasteiger partial charge in [-0.3, -0.25) is 0 Å². The van der Waals surface area contributed by atoms with Gasteiger partial charge >= 0.3 is 0 Å². The Bertz CT molecular complexity index is 1140. The number of aryl methyl sites for hydroxylation is 2. The number of hydrogen-bond acceptors (Lipinski definition) is 6. The molecule has 3 aromatic rings. The van der Waals surface area contributed by atoms with Gasteiger partial charge in [-0.15, -0.1) is 0 Å². The molecule has 5 nitrogen and oxygen atoms in total. The summed E-state index contributed by atoms with van der Waals surface area (Å²) in [6.45, 7) is 8.19. The third-order valence-electron chi connectivity index (χ3n) is 6.45. The number of aliphatic hydroxyl groups excluding tert-OH is 1. The van der Waals surface area contributed by atoms with Crippen LogP contribution in [-0.2, 0) is 11.3 Å². The van der Waals surface area contributed by atoms with Crippen molar-refractivity contribution in [2.75, 3.05) is 31.8 Å². The molecule has 6 heteroatoms. The van der Waals surface area contributed by atoms with E-state index in [-0.39, 0.29) is 5.92 Å². The highest BCUT2D eigenvalue weighted by atomic mass is 32.2. The first-order chi connectivity index (χ1) is 17.5. The summed E-state index contributed by atoms with van der Waals surface area (Å²) >= 11 is 1.89. The quantitative estimate of drug-likeness (QED) is 0.222. The molecular weight excluding hydrogens is 472 g/mol. The van der Waals surface area contributed by atoms with Crippen LogP contribution < -0.4 is 14.2 Å². The predicted octanol–water partition coefficient (Wildman–Crippen LogP) is 6.51. The highest BCUT2D eigenvalue weighted by Crippen LogP contribution is 2.39. The third kappa shape index (κ3) is 6.55. The van der Waals surface area contributed by atoms with Crippen LogP contribution in [0.15, 0.2) is 54.6 Å². The normalized spacial score (nSPS) is 15.3. The summed E-state index contributed by atoms with van der Waals surface area (Å²) in [6.07, 6.45) is -0.269. The van der Waals surface area contributed by atoms with E-state index < -0.39 is 6.29 Å². The molecule has 36 heavy (non-hydrogen) atoms. The first-order valence-corrected chi connectivity index (χ1v) is 13.7. The molecule has 4 rings (SSSR count). The van der Waals surface area contributed by atoms with Gasteiger partial charge in [-0.25, -0.2) is 0 Å². The Morgan fingerprint density at radius 3 is 2.58 bits per heavy atom. The van der Waals surface area contributed by atoms with Crippen LogP contribution in [-0.4, -0.2) is 43.2 Å². The Morgan fingerprint density at radius 1 is 1.03 bits per heavy atom. The van der Waals surface area contributed by atoms with Crippen LogP contribution >= 0.6 is 11.8 Å². The van der Waals surface area contributed by atoms with Crippen molar-refractivity contribution in [3.05, 3.63) is 76.9 Å². The number of fused-ring (bicyclic) bond motifs is 1. The Kier molecular flexibility index (Phi) is 9.19. The fourth-order valence-corrected chi connectivity index (χ4v) is 5.18. The van der Waals surface area contributed by atoms with Gasteiger partial charge in [-0.1, -0.05) is 31.2 Å². The molecule has 192 valence electrons. The van der Waals surface area contributed by atoms with E-state index in [0.29, 0.717) is 19.6 Å². The number of aliphatic hydroxyl groups is 1. The summed E-state index contributed by atoms with van der Waals surface area (Å²) in [5, 5.41) is 9.80. The van der Waals surface area contributed by atoms with E-state index in [4.69, 9.17) is 18.9 Å². The average molecular weight is 509 g/mol. The van der Waals surface area contributed by atoms with Crippen molar-refractivity contribution in [3.63, 3.8) is 0 Å². The molecule has 2 unspecified atom stereocenters. The minimum Gasteiger partial charge on any atom is -0.493 e. The topological polar surface area (TPSA) is 57.2 Å². The molecule has 0 saturated carbocycles. The van der Waals surface area contributed by atoms with Crippen LogP contribution in [0, 0.1) is 13.8 Å². The molecule has 2 atom stereocenters. The lowest BCUT2D eigenvalue weighted by Gasteiger charge is -2.15.